The summed E-state index contributed by atoms with van der Waals surface area (Å²) in [5.74, 6) is 0.378. The number of carbonyl (C=O) groups excluding carboxylic acids is 2. The lowest BCUT2D eigenvalue weighted by Gasteiger charge is -2.16. The van der Waals surface area contributed by atoms with Crippen LogP contribution >= 0.6 is 0 Å². The van der Waals surface area contributed by atoms with Crippen molar-refractivity contribution in [2.24, 2.45) is 0 Å². The van der Waals surface area contributed by atoms with Crippen LogP contribution in [0.1, 0.15) is 54.0 Å². The van der Waals surface area contributed by atoms with Gasteiger partial charge in [0.2, 0.25) is 11.6 Å². The van der Waals surface area contributed by atoms with Crippen LogP contribution in [-0.2, 0) is 6.42 Å². The summed E-state index contributed by atoms with van der Waals surface area (Å²) >= 11 is 0. The molecule has 0 amide bonds. The van der Waals surface area contributed by atoms with Crippen molar-refractivity contribution in [3.8, 4) is 23.0 Å². The molecule has 7 nitrogen and oxygen atoms in total. The van der Waals surface area contributed by atoms with E-state index < -0.39 is 11.6 Å². The summed E-state index contributed by atoms with van der Waals surface area (Å²) in [7, 11) is 0. The van der Waals surface area contributed by atoms with E-state index in [1.807, 2.05) is 27.7 Å². The predicted molar refractivity (Wildman–Crippen MR) is 117 cm³/mol. The lowest BCUT2D eigenvalue weighted by molar-refractivity contribution is 0.0815. The standard InChI is InChI=1S/C24H30O7/c1-5-28-19-10-9-17(14-20(19)29-6-2)23(26)24(27)18-15-22(31-8-4)21(30-7-3)13-16(18)11-12-25/h9-10,13-15,25H,5-8,11-12H2,1-4H3. The van der Waals surface area contributed by atoms with Crippen LogP contribution in [0.3, 0.4) is 0 Å². The Labute approximate surface area is 182 Å². The molecule has 2 aromatic rings. The number of benzene rings is 2. The molecule has 7 heteroatoms. The molecule has 0 spiro atoms. The van der Waals surface area contributed by atoms with E-state index >= 15 is 0 Å². The summed E-state index contributed by atoms with van der Waals surface area (Å²) < 4.78 is 22.3. The first kappa shape index (κ1) is 24.2. The zero-order valence-corrected chi connectivity index (χ0v) is 18.5. The highest BCUT2D eigenvalue weighted by Crippen LogP contribution is 2.33. The van der Waals surface area contributed by atoms with Gasteiger partial charge in [-0.15, -0.1) is 0 Å². The molecule has 0 atom stereocenters. The van der Waals surface area contributed by atoms with E-state index in [2.05, 4.69) is 0 Å². The van der Waals surface area contributed by atoms with Crippen molar-refractivity contribution in [1.82, 2.24) is 0 Å². The van der Waals surface area contributed by atoms with E-state index in [4.69, 9.17) is 18.9 Å². The fourth-order valence-corrected chi connectivity index (χ4v) is 3.12. The van der Waals surface area contributed by atoms with Gasteiger partial charge in [-0.05, 0) is 70.0 Å². The lowest BCUT2D eigenvalue weighted by Crippen LogP contribution is -2.18. The third kappa shape index (κ3) is 5.98. The Morgan fingerprint density at radius 3 is 1.77 bits per heavy atom. The first-order valence-electron chi connectivity index (χ1n) is 10.5. The Bertz CT molecular complexity index is 905. The Hall–Kier alpha value is -3.06. The monoisotopic (exact) mass is 430 g/mol. The van der Waals surface area contributed by atoms with Crippen molar-refractivity contribution >= 4 is 11.6 Å². The Morgan fingerprint density at radius 1 is 0.710 bits per heavy atom. The fraction of sp³-hybridized carbons (Fsp3) is 0.417. The number of carbonyl (C=O) groups is 2. The van der Waals surface area contributed by atoms with Gasteiger partial charge in [-0.3, -0.25) is 9.59 Å². The van der Waals surface area contributed by atoms with Gasteiger partial charge in [0, 0.05) is 17.7 Å². The quantitative estimate of drug-likeness (QED) is 0.381. The molecule has 0 aliphatic heterocycles. The molecule has 0 heterocycles. The topological polar surface area (TPSA) is 91.3 Å². The normalized spacial score (nSPS) is 10.5. The zero-order chi connectivity index (χ0) is 22.8. The van der Waals surface area contributed by atoms with Gasteiger partial charge in [-0.1, -0.05) is 0 Å². The van der Waals surface area contributed by atoms with Crippen LogP contribution in [0.15, 0.2) is 30.3 Å². The van der Waals surface area contributed by atoms with Crippen LogP contribution < -0.4 is 18.9 Å². The number of hydrogen-bond acceptors (Lipinski definition) is 7. The maximum absolute atomic E-state index is 13.1. The van der Waals surface area contributed by atoms with Crippen molar-refractivity contribution in [2.75, 3.05) is 33.0 Å². The molecule has 168 valence electrons. The molecule has 0 radical (unpaired) electrons. The Balaban J connectivity index is 2.47. The van der Waals surface area contributed by atoms with Gasteiger partial charge in [0.25, 0.3) is 0 Å². The zero-order valence-electron chi connectivity index (χ0n) is 18.5. The van der Waals surface area contributed by atoms with Gasteiger partial charge >= 0.3 is 0 Å². The molecule has 0 unspecified atom stereocenters. The average molecular weight is 430 g/mol. The predicted octanol–water partition coefficient (Wildman–Crippen LogP) is 3.88. The lowest BCUT2D eigenvalue weighted by atomic mass is 9.95. The van der Waals surface area contributed by atoms with E-state index in [1.165, 1.54) is 18.2 Å². The first-order valence-corrected chi connectivity index (χ1v) is 10.5. The molecule has 0 saturated carbocycles. The Morgan fingerprint density at radius 2 is 1.23 bits per heavy atom. The number of hydrogen-bond donors (Lipinski definition) is 1. The second-order valence-corrected chi connectivity index (χ2v) is 6.48. The first-order chi connectivity index (χ1) is 15.0. The van der Waals surface area contributed by atoms with Crippen LogP contribution in [0.25, 0.3) is 0 Å². The summed E-state index contributed by atoms with van der Waals surface area (Å²) in [6, 6.07) is 7.83. The Kier molecular flexibility index (Phi) is 9.34. The SMILES string of the molecule is CCOc1ccc(C(=O)C(=O)c2cc(OCC)c(OCC)cc2CCO)cc1OCC. The van der Waals surface area contributed by atoms with Gasteiger partial charge in [0.15, 0.2) is 23.0 Å². The molecule has 1 N–H and O–H groups in total. The van der Waals surface area contributed by atoms with E-state index in [9.17, 15) is 14.7 Å². The summed E-state index contributed by atoms with van der Waals surface area (Å²) in [5.41, 5.74) is 0.889. The second kappa shape index (κ2) is 12.0. The third-order valence-electron chi connectivity index (χ3n) is 4.41. The number of rotatable bonds is 13. The number of ether oxygens (including phenoxy) is 4. The summed E-state index contributed by atoms with van der Waals surface area (Å²) in [4.78, 5) is 26.2. The van der Waals surface area contributed by atoms with E-state index in [-0.39, 0.29) is 24.2 Å². The minimum Gasteiger partial charge on any atom is -0.490 e. The van der Waals surface area contributed by atoms with Crippen molar-refractivity contribution in [3.63, 3.8) is 0 Å². The van der Waals surface area contributed by atoms with Crippen LogP contribution in [0.2, 0.25) is 0 Å². The van der Waals surface area contributed by atoms with Crippen LogP contribution in [0.4, 0.5) is 0 Å². The van der Waals surface area contributed by atoms with Crippen LogP contribution in [-0.4, -0.2) is 49.7 Å². The van der Waals surface area contributed by atoms with Crippen LogP contribution in [0.5, 0.6) is 23.0 Å². The summed E-state index contributed by atoms with van der Waals surface area (Å²) in [6.07, 6.45) is 0.203. The molecule has 2 rings (SSSR count). The maximum atomic E-state index is 13.1. The molecule has 0 saturated heterocycles. The highest BCUT2D eigenvalue weighted by molar-refractivity contribution is 6.49. The van der Waals surface area contributed by atoms with Crippen molar-refractivity contribution in [1.29, 1.82) is 0 Å². The molecule has 2 aromatic carbocycles. The van der Waals surface area contributed by atoms with Crippen LogP contribution in [0, 0.1) is 0 Å². The molecule has 0 aromatic heterocycles. The molecular weight excluding hydrogens is 400 g/mol. The van der Waals surface area contributed by atoms with Crippen molar-refractivity contribution in [3.05, 3.63) is 47.0 Å². The fourth-order valence-electron chi connectivity index (χ4n) is 3.12. The summed E-state index contributed by atoms with van der Waals surface area (Å²) in [5, 5.41) is 9.45. The highest BCUT2D eigenvalue weighted by Gasteiger charge is 2.25. The largest absolute Gasteiger partial charge is 0.490 e. The molecule has 0 aliphatic carbocycles. The molecular formula is C24H30O7. The van der Waals surface area contributed by atoms with Crippen molar-refractivity contribution in [2.45, 2.75) is 34.1 Å². The minimum atomic E-state index is -0.695. The number of ketones is 2. The van der Waals surface area contributed by atoms with Gasteiger partial charge in [0.1, 0.15) is 0 Å². The maximum Gasteiger partial charge on any atom is 0.233 e. The number of Topliss-reactive ketones (excluding diaryl/α,β-unsaturated/α-hetero) is 2. The van der Waals surface area contributed by atoms with Gasteiger partial charge in [0.05, 0.1) is 26.4 Å². The molecule has 0 aliphatic rings. The second-order valence-electron chi connectivity index (χ2n) is 6.48. The van der Waals surface area contributed by atoms with Gasteiger partial charge < -0.3 is 24.1 Å². The third-order valence-corrected chi connectivity index (χ3v) is 4.41. The summed E-state index contributed by atoms with van der Waals surface area (Å²) in [6.45, 7) is 8.78. The van der Waals surface area contributed by atoms with Crippen molar-refractivity contribution < 1.29 is 33.6 Å². The number of aliphatic hydroxyl groups is 1. The molecule has 0 bridgehead atoms. The van der Waals surface area contributed by atoms with E-state index in [1.54, 1.807) is 12.1 Å². The molecule has 31 heavy (non-hydrogen) atoms. The molecule has 0 fully saturated rings. The highest BCUT2D eigenvalue weighted by atomic mass is 16.5. The van der Waals surface area contributed by atoms with Gasteiger partial charge in [-0.25, -0.2) is 0 Å². The number of aliphatic hydroxyl groups excluding tert-OH is 1. The minimum absolute atomic E-state index is 0.175. The van der Waals surface area contributed by atoms with E-state index in [0.717, 1.165) is 0 Å². The smallest absolute Gasteiger partial charge is 0.233 e. The van der Waals surface area contributed by atoms with E-state index in [0.29, 0.717) is 55.0 Å². The average Bonchev–Trinajstić information content (AvgIpc) is 2.76. The van der Waals surface area contributed by atoms with Gasteiger partial charge in [-0.2, -0.15) is 0 Å².